The summed E-state index contributed by atoms with van der Waals surface area (Å²) in [6, 6.07) is 10.1. The summed E-state index contributed by atoms with van der Waals surface area (Å²) in [7, 11) is 1.21. The first kappa shape index (κ1) is 22.4. The number of carbonyl (C=O) groups is 3. The molecular weight excluding hydrogens is 476 g/mol. The summed E-state index contributed by atoms with van der Waals surface area (Å²) >= 11 is 6.55. The van der Waals surface area contributed by atoms with Gasteiger partial charge in [0.25, 0.3) is 16.8 Å². The lowest BCUT2D eigenvalue weighted by Gasteiger charge is -2.09. The molecule has 33 heavy (non-hydrogen) atoms. The molecule has 2 aromatic heterocycles. The molecule has 0 atom stereocenters. The number of esters is 1. The second kappa shape index (κ2) is 8.96. The van der Waals surface area contributed by atoms with E-state index in [0.29, 0.717) is 11.8 Å². The molecule has 0 bridgehead atoms. The number of carbonyl (C=O) groups excluding carboxylic acids is 3. The Labute approximate surface area is 194 Å². The van der Waals surface area contributed by atoms with Gasteiger partial charge >= 0.3 is 5.97 Å². The van der Waals surface area contributed by atoms with E-state index in [-0.39, 0.29) is 50.8 Å². The average molecular weight is 489 g/mol. The quantitative estimate of drug-likeness (QED) is 0.200. The number of rotatable bonds is 6. The highest BCUT2D eigenvalue weighted by Gasteiger charge is 2.36. The topological polar surface area (TPSA) is 133 Å². The highest BCUT2D eigenvalue weighted by molar-refractivity contribution is 8.18. The van der Waals surface area contributed by atoms with Crippen LogP contribution in [0.4, 0.5) is 10.5 Å². The molecule has 1 aliphatic rings. The number of amides is 2. The van der Waals surface area contributed by atoms with Crippen LogP contribution in [-0.2, 0) is 16.1 Å². The molecule has 168 valence electrons. The molecule has 3 heterocycles. The molecule has 1 aromatic carbocycles. The van der Waals surface area contributed by atoms with Gasteiger partial charge in [-0.05, 0) is 48.2 Å². The van der Waals surface area contributed by atoms with Crippen molar-refractivity contribution in [2.75, 3.05) is 7.11 Å². The molecule has 1 saturated heterocycles. The first-order valence-corrected chi connectivity index (χ1v) is 10.4. The number of furan rings is 2. The van der Waals surface area contributed by atoms with Crippen molar-refractivity contribution in [2.45, 2.75) is 6.54 Å². The number of thioether (sulfide) groups is 1. The van der Waals surface area contributed by atoms with Gasteiger partial charge in [-0.15, -0.1) is 0 Å². The van der Waals surface area contributed by atoms with Crippen LogP contribution in [0.2, 0.25) is 5.02 Å². The summed E-state index contributed by atoms with van der Waals surface area (Å²) in [6.45, 7) is -0.167. The molecule has 0 unspecified atom stereocenters. The third-order valence-corrected chi connectivity index (χ3v) is 5.70. The summed E-state index contributed by atoms with van der Waals surface area (Å²) in [5.74, 6) is -0.634. The number of halogens is 1. The van der Waals surface area contributed by atoms with Gasteiger partial charge in [-0.1, -0.05) is 11.6 Å². The Bertz CT molecular complexity index is 1330. The van der Waals surface area contributed by atoms with E-state index in [0.717, 1.165) is 4.90 Å². The number of nitro groups is 1. The van der Waals surface area contributed by atoms with E-state index in [4.69, 9.17) is 20.4 Å². The highest BCUT2D eigenvalue weighted by atomic mass is 35.5. The van der Waals surface area contributed by atoms with Crippen LogP contribution in [0.25, 0.3) is 17.4 Å². The Morgan fingerprint density at radius 1 is 1.21 bits per heavy atom. The minimum atomic E-state index is -0.676. The molecule has 0 saturated carbocycles. The summed E-state index contributed by atoms with van der Waals surface area (Å²) in [5, 5.41) is 11.0. The molecule has 1 aliphatic heterocycles. The lowest BCUT2D eigenvalue weighted by Crippen LogP contribution is -2.27. The van der Waals surface area contributed by atoms with Crippen LogP contribution in [0.3, 0.4) is 0 Å². The summed E-state index contributed by atoms with van der Waals surface area (Å²) in [6.07, 6.45) is 1.37. The molecule has 4 rings (SSSR count). The minimum Gasteiger partial charge on any atom is -0.463 e. The number of methoxy groups -OCH3 is 1. The summed E-state index contributed by atoms with van der Waals surface area (Å²) in [4.78, 5) is 48.4. The maximum Gasteiger partial charge on any atom is 0.373 e. The third-order valence-electron chi connectivity index (χ3n) is 4.56. The van der Waals surface area contributed by atoms with Crippen LogP contribution in [0.15, 0.2) is 56.2 Å². The molecule has 10 nitrogen and oxygen atoms in total. The van der Waals surface area contributed by atoms with E-state index in [2.05, 4.69) is 4.74 Å². The lowest BCUT2D eigenvalue weighted by molar-refractivity contribution is -0.384. The predicted octanol–water partition coefficient (Wildman–Crippen LogP) is 5.12. The number of nitrogens with zero attached hydrogens (tertiary/aromatic N) is 2. The Morgan fingerprint density at radius 3 is 2.73 bits per heavy atom. The molecule has 0 spiro atoms. The number of nitro benzene ring substituents is 1. The SMILES string of the molecule is COC(=O)c1ccc(CN2C(=O)SC(=Cc3ccc(-c4ccc(Cl)cc4[N+](=O)[O-])o3)C2=O)o1. The van der Waals surface area contributed by atoms with E-state index in [9.17, 15) is 24.5 Å². The van der Waals surface area contributed by atoms with Crippen LogP contribution in [-0.4, -0.2) is 34.0 Å². The Morgan fingerprint density at radius 2 is 2.00 bits per heavy atom. The van der Waals surface area contributed by atoms with E-state index in [1.807, 2.05) is 0 Å². The van der Waals surface area contributed by atoms with E-state index in [1.165, 1.54) is 55.7 Å². The first-order chi connectivity index (χ1) is 15.8. The van der Waals surface area contributed by atoms with Crippen molar-refractivity contribution in [2.24, 2.45) is 0 Å². The van der Waals surface area contributed by atoms with Crippen LogP contribution in [0, 0.1) is 10.1 Å². The fraction of sp³-hybridized carbons (Fsp3) is 0.0952. The zero-order valence-corrected chi connectivity index (χ0v) is 18.3. The molecule has 12 heteroatoms. The van der Waals surface area contributed by atoms with Gasteiger partial charge in [0.05, 0.1) is 29.0 Å². The van der Waals surface area contributed by atoms with Crippen molar-refractivity contribution in [3.05, 3.63) is 79.8 Å². The van der Waals surface area contributed by atoms with Crippen molar-refractivity contribution in [3.8, 4) is 11.3 Å². The van der Waals surface area contributed by atoms with Gasteiger partial charge in [-0.3, -0.25) is 24.6 Å². The van der Waals surface area contributed by atoms with Gasteiger partial charge < -0.3 is 13.6 Å². The van der Waals surface area contributed by atoms with Crippen molar-refractivity contribution in [1.82, 2.24) is 4.90 Å². The Kier molecular flexibility index (Phi) is 6.07. The summed E-state index contributed by atoms with van der Waals surface area (Å²) < 4.78 is 15.5. The molecule has 0 N–H and O–H groups in total. The maximum absolute atomic E-state index is 12.7. The standard InChI is InChI=1S/C21H13ClN2O8S/c1-30-20(26)17-7-4-13(32-17)10-23-19(25)18(33-21(23)27)9-12-3-6-16(31-12)14-5-2-11(22)8-15(14)24(28)29/h2-9H,10H2,1H3. The summed E-state index contributed by atoms with van der Waals surface area (Å²) in [5.41, 5.74) is -0.00937. The number of benzene rings is 1. The second-order valence-electron chi connectivity index (χ2n) is 6.65. The zero-order chi connectivity index (χ0) is 23.7. The van der Waals surface area contributed by atoms with Gasteiger partial charge in [0.15, 0.2) is 0 Å². The van der Waals surface area contributed by atoms with Gasteiger partial charge in [0.1, 0.15) is 17.3 Å². The monoisotopic (exact) mass is 488 g/mol. The van der Waals surface area contributed by atoms with Crippen molar-refractivity contribution in [3.63, 3.8) is 0 Å². The number of hydrogen-bond donors (Lipinski definition) is 0. The van der Waals surface area contributed by atoms with Gasteiger partial charge in [0, 0.05) is 17.2 Å². The van der Waals surface area contributed by atoms with Crippen LogP contribution in [0.1, 0.15) is 22.1 Å². The largest absolute Gasteiger partial charge is 0.463 e. The van der Waals surface area contributed by atoms with Crippen LogP contribution in [0.5, 0.6) is 0 Å². The Balaban J connectivity index is 1.54. The van der Waals surface area contributed by atoms with E-state index in [1.54, 1.807) is 0 Å². The maximum atomic E-state index is 12.7. The number of imide groups is 1. The third kappa shape index (κ3) is 4.54. The second-order valence-corrected chi connectivity index (χ2v) is 8.08. The van der Waals surface area contributed by atoms with Crippen molar-refractivity contribution in [1.29, 1.82) is 0 Å². The minimum absolute atomic E-state index is 0.0468. The highest BCUT2D eigenvalue weighted by Crippen LogP contribution is 2.36. The van der Waals surface area contributed by atoms with Gasteiger partial charge in [0.2, 0.25) is 5.76 Å². The molecule has 1 fully saturated rings. The normalized spacial score (nSPS) is 14.8. The predicted molar refractivity (Wildman–Crippen MR) is 117 cm³/mol. The molecule has 2 amide bonds. The number of ether oxygens (including phenoxy) is 1. The van der Waals surface area contributed by atoms with Crippen LogP contribution < -0.4 is 0 Å². The smallest absolute Gasteiger partial charge is 0.373 e. The van der Waals surface area contributed by atoms with Gasteiger partial charge in [-0.25, -0.2) is 4.79 Å². The lowest BCUT2D eigenvalue weighted by atomic mass is 10.1. The van der Waals surface area contributed by atoms with Gasteiger partial charge in [-0.2, -0.15) is 0 Å². The molecule has 0 aliphatic carbocycles. The number of hydrogen-bond acceptors (Lipinski definition) is 9. The molecule has 3 aromatic rings. The Hall–Kier alpha value is -3.83. The fourth-order valence-electron chi connectivity index (χ4n) is 3.03. The van der Waals surface area contributed by atoms with Crippen molar-refractivity contribution < 1.29 is 32.9 Å². The molecular formula is C21H13ClN2O8S. The van der Waals surface area contributed by atoms with E-state index < -0.39 is 22.0 Å². The van der Waals surface area contributed by atoms with E-state index >= 15 is 0 Å². The van der Waals surface area contributed by atoms with Crippen LogP contribution >= 0.6 is 23.4 Å². The first-order valence-electron chi connectivity index (χ1n) is 9.23. The zero-order valence-electron chi connectivity index (χ0n) is 16.8. The average Bonchev–Trinajstić information content (AvgIpc) is 3.50. The van der Waals surface area contributed by atoms with Crippen molar-refractivity contribution >= 4 is 52.2 Å². The molecule has 0 radical (unpaired) electrons. The fourth-order valence-corrected chi connectivity index (χ4v) is 4.02.